The van der Waals surface area contributed by atoms with Crippen LogP contribution in [0.5, 0.6) is 0 Å². The monoisotopic (exact) mass is 521 g/mol. The van der Waals surface area contributed by atoms with Crippen molar-refractivity contribution in [3.05, 3.63) is 28.6 Å². The number of benzene rings is 1. The van der Waals surface area contributed by atoms with Crippen molar-refractivity contribution in [2.75, 3.05) is 44.4 Å². The van der Waals surface area contributed by atoms with E-state index in [1.54, 1.807) is 19.1 Å². The molecule has 0 N–H and O–H groups in total. The Kier molecular flexibility index (Phi) is 10.4. The van der Waals surface area contributed by atoms with E-state index in [-0.39, 0.29) is 29.3 Å². The summed E-state index contributed by atoms with van der Waals surface area (Å²) in [6.45, 7) is 11.6. The van der Waals surface area contributed by atoms with Gasteiger partial charge in [-0.2, -0.15) is 4.99 Å². The summed E-state index contributed by atoms with van der Waals surface area (Å²) in [5.41, 5.74) is 1.34. The lowest BCUT2D eigenvalue weighted by Crippen LogP contribution is -2.43. The Labute approximate surface area is 214 Å². The molecule has 0 radical (unpaired) electrons. The number of carbonyl (C=O) groups excluding carboxylic acids is 3. The predicted octanol–water partition coefficient (Wildman–Crippen LogP) is 3.58. The Hall–Kier alpha value is -2.17. The van der Waals surface area contributed by atoms with Crippen LogP contribution in [-0.4, -0.2) is 71.7 Å². The number of likely N-dealkylation sites (tertiary alicyclic amines) is 1. The van der Waals surface area contributed by atoms with Gasteiger partial charge >= 0.3 is 5.97 Å². The Morgan fingerprint density at radius 3 is 2.54 bits per heavy atom. The first-order valence-corrected chi connectivity index (χ1v) is 14.1. The van der Waals surface area contributed by atoms with Gasteiger partial charge in [0.2, 0.25) is 5.91 Å². The number of nitrogens with zero attached hydrogens (tertiary/aromatic N) is 3. The maximum Gasteiger partial charge on any atom is 0.338 e. The van der Waals surface area contributed by atoms with Crippen LogP contribution in [0.4, 0.5) is 0 Å². The number of carbonyl (C=O) groups is 3. The molecule has 0 aliphatic carbocycles. The smallest absolute Gasteiger partial charge is 0.338 e. The van der Waals surface area contributed by atoms with Gasteiger partial charge < -0.3 is 18.9 Å². The molecule has 8 nitrogen and oxygen atoms in total. The number of amides is 2. The molecular formula is C25H35N3O5S2. The van der Waals surface area contributed by atoms with Crippen LogP contribution in [0.15, 0.2) is 23.2 Å². The first kappa shape index (κ1) is 27.4. The lowest BCUT2D eigenvalue weighted by Gasteiger charge is -2.35. The fourth-order valence-corrected chi connectivity index (χ4v) is 6.15. The maximum absolute atomic E-state index is 12.7. The van der Waals surface area contributed by atoms with Gasteiger partial charge in [-0.1, -0.05) is 25.2 Å². The molecule has 1 aliphatic rings. The van der Waals surface area contributed by atoms with Gasteiger partial charge in [-0.3, -0.25) is 9.59 Å². The summed E-state index contributed by atoms with van der Waals surface area (Å²) in [6.07, 6.45) is 1.15. The summed E-state index contributed by atoms with van der Waals surface area (Å²) < 4.78 is 13.4. The second-order valence-corrected chi connectivity index (χ2v) is 10.9. The summed E-state index contributed by atoms with van der Waals surface area (Å²) in [5, 5.41) is 0. The normalized spacial score (nSPS) is 18.7. The number of piperidine rings is 1. The van der Waals surface area contributed by atoms with E-state index >= 15 is 0 Å². The van der Waals surface area contributed by atoms with E-state index in [9.17, 15) is 14.4 Å². The number of ether oxygens (including phenoxy) is 2. The minimum absolute atomic E-state index is 0.0846. The second-order valence-electron chi connectivity index (χ2n) is 8.88. The van der Waals surface area contributed by atoms with E-state index in [1.807, 2.05) is 22.5 Å². The van der Waals surface area contributed by atoms with Crippen LogP contribution in [0, 0.1) is 11.8 Å². The zero-order chi connectivity index (χ0) is 25.4. The highest BCUT2D eigenvalue weighted by Gasteiger charge is 2.25. The standard InChI is InChI=1S/C25H35N3O5S2/c1-5-32-10-9-28-20-8-7-19(24(31)33-6-2)12-21(20)35-25(28)26-22(29)15-34-16-23(30)27-13-17(3)11-18(4)14-27/h7-8,12,17-18H,5-6,9-11,13-16H2,1-4H3. The summed E-state index contributed by atoms with van der Waals surface area (Å²) in [6, 6.07) is 5.34. The topological polar surface area (TPSA) is 90.2 Å². The van der Waals surface area contributed by atoms with Crippen LogP contribution in [0.3, 0.4) is 0 Å². The summed E-state index contributed by atoms with van der Waals surface area (Å²) in [7, 11) is 0. The van der Waals surface area contributed by atoms with Gasteiger partial charge in [0, 0.05) is 26.2 Å². The van der Waals surface area contributed by atoms with Crippen LogP contribution >= 0.6 is 23.1 Å². The summed E-state index contributed by atoms with van der Waals surface area (Å²) >= 11 is 2.66. The number of rotatable bonds is 10. The molecule has 35 heavy (non-hydrogen) atoms. The second kappa shape index (κ2) is 13.2. The molecule has 2 aromatic rings. The van der Waals surface area contributed by atoms with E-state index in [1.165, 1.54) is 23.1 Å². The van der Waals surface area contributed by atoms with Crippen molar-refractivity contribution in [2.45, 2.75) is 40.7 Å². The third-order valence-corrected chi connectivity index (χ3v) is 7.69. The fraction of sp³-hybridized carbons (Fsp3) is 0.600. The van der Waals surface area contributed by atoms with Gasteiger partial charge in [0.1, 0.15) is 0 Å². The molecule has 1 saturated heterocycles. The van der Waals surface area contributed by atoms with Crippen LogP contribution in [0.1, 0.15) is 44.5 Å². The zero-order valence-corrected chi connectivity index (χ0v) is 22.6. The van der Waals surface area contributed by atoms with Gasteiger partial charge in [-0.05, 0) is 50.3 Å². The van der Waals surface area contributed by atoms with Gasteiger partial charge in [-0.15, -0.1) is 11.8 Å². The van der Waals surface area contributed by atoms with Gasteiger partial charge in [-0.25, -0.2) is 4.79 Å². The van der Waals surface area contributed by atoms with Gasteiger partial charge in [0.25, 0.3) is 5.91 Å². The average Bonchev–Trinajstić information content (AvgIpc) is 3.14. The van der Waals surface area contributed by atoms with E-state index in [0.29, 0.717) is 48.6 Å². The molecule has 3 rings (SSSR count). The number of thioether (sulfide) groups is 1. The van der Waals surface area contributed by atoms with Crippen molar-refractivity contribution in [1.29, 1.82) is 0 Å². The van der Waals surface area contributed by atoms with Crippen molar-refractivity contribution in [3.8, 4) is 0 Å². The fourth-order valence-electron chi connectivity index (χ4n) is 4.34. The number of hydrogen-bond acceptors (Lipinski definition) is 7. The number of esters is 1. The van der Waals surface area contributed by atoms with Gasteiger partial charge in [0.15, 0.2) is 4.80 Å². The third kappa shape index (κ3) is 7.65. The lowest BCUT2D eigenvalue weighted by atomic mass is 9.92. The van der Waals surface area contributed by atoms with Crippen molar-refractivity contribution < 1.29 is 23.9 Å². The van der Waals surface area contributed by atoms with Crippen molar-refractivity contribution in [3.63, 3.8) is 0 Å². The first-order valence-electron chi connectivity index (χ1n) is 12.1. The zero-order valence-electron chi connectivity index (χ0n) is 21.0. The summed E-state index contributed by atoms with van der Waals surface area (Å²) in [5.74, 6) is 0.852. The molecule has 1 aromatic heterocycles. The summed E-state index contributed by atoms with van der Waals surface area (Å²) in [4.78, 5) is 44.2. The Morgan fingerprint density at radius 1 is 1.11 bits per heavy atom. The van der Waals surface area contributed by atoms with Crippen LogP contribution in [0.25, 0.3) is 10.2 Å². The molecule has 192 valence electrons. The van der Waals surface area contributed by atoms with Crippen LogP contribution < -0.4 is 4.80 Å². The highest BCUT2D eigenvalue weighted by molar-refractivity contribution is 8.00. The van der Waals surface area contributed by atoms with Crippen molar-refractivity contribution in [2.24, 2.45) is 16.8 Å². The quantitative estimate of drug-likeness (QED) is 0.351. The van der Waals surface area contributed by atoms with Crippen LogP contribution in [-0.2, 0) is 25.6 Å². The van der Waals surface area contributed by atoms with E-state index in [0.717, 1.165) is 29.7 Å². The lowest BCUT2D eigenvalue weighted by molar-refractivity contribution is -0.130. The maximum atomic E-state index is 12.7. The van der Waals surface area contributed by atoms with Crippen molar-refractivity contribution in [1.82, 2.24) is 9.47 Å². The van der Waals surface area contributed by atoms with E-state index in [2.05, 4.69) is 18.8 Å². The first-order chi connectivity index (χ1) is 16.8. The largest absolute Gasteiger partial charge is 0.462 e. The molecule has 2 unspecified atom stereocenters. The van der Waals surface area contributed by atoms with Gasteiger partial charge in [0.05, 0.1) is 40.5 Å². The molecule has 10 heteroatoms. The molecule has 1 fully saturated rings. The highest BCUT2D eigenvalue weighted by Crippen LogP contribution is 2.22. The number of hydrogen-bond donors (Lipinski definition) is 0. The Morgan fingerprint density at radius 2 is 1.86 bits per heavy atom. The number of fused-ring (bicyclic) bond motifs is 1. The molecular weight excluding hydrogens is 486 g/mol. The van der Waals surface area contributed by atoms with E-state index < -0.39 is 0 Å². The number of aromatic nitrogens is 1. The predicted molar refractivity (Wildman–Crippen MR) is 140 cm³/mol. The molecule has 0 spiro atoms. The Balaban J connectivity index is 1.71. The molecule has 0 saturated carbocycles. The molecule has 1 aromatic carbocycles. The molecule has 2 heterocycles. The Bertz CT molecular complexity index is 1100. The minimum Gasteiger partial charge on any atom is -0.462 e. The van der Waals surface area contributed by atoms with E-state index in [4.69, 9.17) is 9.47 Å². The molecule has 2 atom stereocenters. The number of thiazole rings is 1. The average molecular weight is 522 g/mol. The molecule has 0 bridgehead atoms. The van der Waals surface area contributed by atoms with Crippen molar-refractivity contribution >= 4 is 51.1 Å². The molecule has 2 amide bonds. The SMILES string of the molecule is CCOCCn1c(=NC(=O)CSCC(=O)N2CC(C)CC(C)C2)sc2cc(C(=O)OCC)ccc21. The third-order valence-electron chi connectivity index (χ3n) is 5.75. The highest BCUT2D eigenvalue weighted by atomic mass is 32.2. The minimum atomic E-state index is -0.378. The van der Waals surface area contributed by atoms with Crippen LogP contribution in [0.2, 0.25) is 0 Å². The molecule has 1 aliphatic heterocycles.